The Bertz CT molecular complexity index is 412. The van der Waals surface area contributed by atoms with E-state index in [0.29, 0.717) is 18.3 Å². The number of hydrogen-bond donors (Lipinski definition) is 1. The van der Waals surface area contributed by atoms with Crippen LogP contribution in [0.4, 0.5) is 0 Å². The van der Waals surface area contributed by atoms with Gasteiger partial charge >= 0.3 is 0 Å². The maximum Gasteiger partial charge on any atom is 0.223 e. The molecule has 5 nitrogen and oxygen atoms in total. The summed E-state index contributed by atoms with van der Waals surface area (Å²) in [6.45, 7) is 6.39. The average molecular weight is 278 g/mol. The molecule has 0 bridgehead atoms. The van der Waals surface area contributed by atoms with Crippen molar-refractivity contribution in [2.24, 2.45) is 5.41 Å². The van der Waals surface area contributed by atoms with Crippen LogP contribution in [0.5, 0.6) is 0 Å². The quantitative estimate of drug-likeness (QED) is 0.900. The first-order valence-corrected chi connectivity index (χ1v) is 7.81. The third kappa shape index (κ3) is 3.58. The molecule has 1 aliphatic rings. The number of H-pyrrole nitrogens is 1. The topological polar surface area (TPSA) is 61.9 Å². The summed E-state index contributed by atoms with van der Waals surface area (Å²) in [5.74, 6) is 1.05. The molecule has 112 valence electrons. The molecule has 0 unspecified atom stereocenters. The summed E-state index contributed by atoms with van der Waals surface area (Å²) in [6, 6.07) is 0. The van der Waals surface area contributed by atoms with Crippen LogP contribution in [-0.2, 0) is 11.2 Å². The molecule has 1 N–H and O–H groups in total. The number of aryl methyl sites for hydroxylation is 1. The van der Waals surface area contributed by atoms with Crippen LogP contribution < -0.4 is 0 Å². The van der Waals surface area contributed by atoms with Crippen LogP contribution in [-0.4, -0.2) is 39.1 Å². The Morgan fingerprint density at radius 2 is 2.15 bits per heavy atom. The summed E-state index contributed by atoms with van der Waals surface area (Å²) in [7, 11) is 0. The summed E-state index contributed by atoms with van der Waals surface area (Å²) >= 11 is 0. The maximum atomic E-state index is 12.3. The standard InChI is InChI=1S/C15H26N4O/c1-3-15(4-2)8-5-10-19(11-9-15)14(20)7-6-13-16-12-17-18-13/h12H,3-11H2,1-2H3,(H,16,17,18). The predicted octanol–water partition coefficient (Wildman–Crippen LogP) is 2.56. The van der Waals surface area contributed by atoms with Crippen molar-refractivity contribution in [2.75, 3.05) is 13.1 Å². The van der Waals surface area contributed by atoms with Crippen molar-refractivity contribution in [2.45, 2.75) is 58.8 Å². The van der Waals surface area contributed by atoms with Crippen molar-refractivity contribution in [1.82, 2.24) is 20.1 Å². The molecule has 2 rings (SSSR count). The van der Waals surface area contributed by atoms with Gasteiger partial charge in [-0.15, -0.1) is 0 Å². The van der Waals surface area contributed by atoms with Gasteiger partial charge in [-0.2, -0.15) is 5.10 Å². The molecule has 0 aromatic carbocycles. The molecule has 0 saturated carbocycles. The Labute approximate surface area is 121 Å². The van der Waals surface area contributed by atoms with Crippen LogP contribution in [0.2, 0.25) is 0 Å². The molecule has 1 saturated heterocycles. The van der Waals surface area contributed by atoms with Gasteiger partial charge in [0.05, 0.1) is 0 Å². The number of carbonyl (C=O) groups is 1. The lowest BCUT2D eigenvalue weighted by atomic mass is 9.76. The molecule has 1 aromatic rings. The minimum atomic E-state index is 0.254. The van der Waals surface area contributed by atoms with Gasteiger partial charge in [-0.1, -0.05) is 26.7 Å². The van der Waals surface area contributed by atoms with Gasteiger partial charge in [0, 0.05) is 25.9 Å². The van der Waals surface area contributed by atoms with Crippen molar-refractivity contribution in [3.8, 4) is 0 Å². The molecule has 1 amide bonds. The van der Waals surface area contributed by atoms with Gasteiger partial charge in [0.1, 0.15) is 12.2 Å². The second-order valence-electron chi connectivity index (χ2n) is 5.87. The fourth-order valence-electron chi connectivity index (χ4n) is 3.20. The Balaban J connectivity index is 1.85. The van der Waals surface area contributed by atoms with E-state index in [1.54, 1.807) is 0 Å². The van der Waals surface area contributed by atoms with Crippen LogP contribution >= 0.6 is 0 Å². The molecule has 1 aliphatic heterocycles. The molecular formula is C15H26N4O. The van der Waals surface area contributed by atoms with Crippen LogP contribution in [0.3, 0.4) is 0 Å². The first-order valence-electron chi connectivity index (χ1n) is 7.81. The minimum Gasteiger partial charge on any atom is -0.343 e. The largest absolute Gasteiger partial charge is 0.343 e. The number of hydrogen-bond acceptors (Lipinski definition) is 3. The highest BCUT2D eigenvalue weighted by Crippen LogP contribution is 2.37. The number of aromatic amines is 1. The molecule has 0 aliphatic carbocycles. The lowest BCUT2D eigenvalue weighted by Gasteiger charge is -2.30. The smallest absolute Gasteiger partial charge is 0.223 e. The van der Waals surface area contributed by atoms with E-state index in [-0.39, 0.29) is 5.91 Å². The number of likely N-dealkylation sites (tertiary alicyclic amines) is 1. The normalized spacial score (nSPS) is 18.8. The Kier molecular flexibility index (Phi) is 5.15. The predicted molar refractivity (Wildman–Crippen MR) is 78.1 cm³/mol. The fourth-order valence-corrected chi connectivity index (χ4v) is 3.20. The highest BCUT2D eigenvalue weighted by molar-refractivity contribution is 5.76. The van der Waals surface area contributed by atoms with E-state index < -0.39 is 0 Å². The maximum absolute atomic E-state index is 12.3. The summed E-state index contributed by atoms with van der Waals surface area (Å²) in [6.07, 6.45) is 8.66. The molecule has 0 atom stereocenters. The number of carbonyl (C=O) groups excluding carboxylic acids is 1. The molecule has 0 spiro atoms. The highest BCUT2D eigenvalue weighted by atomic mass is 16.2. The molecule has 20 heavy (non-hydrogen) atoms. The lowest BCUT2D eigenvalue weighted by molar-refractivity contribution is -0.131. The van der Waals surface area contributed by atoms with Crippen LogP contribution in [0.1, 0.15) is 58.2 Å². The third-order valence-electron chi connectivity index (χ3n) is 4.94. The summed E-state index contributed by atoms with van der Waals surface area (Å²) in [5.41, 5.74) is 0.458. The fraction of sp³-hybridized carbons (Fsp3) is 0.800. The van der Waals surface area contributed by atoms with Crippen molar-refractivity contribution < 1.29 is 4.79 Å². The van der Waals surface area contributed by atoms with E-state index in [1.165, 1.54) is 25.6 Å². The summed E-state index contributed by atoms with van der Waals surface area (Å²) < 4.78 is 0. The molecular weight excluding hydrogens is 252 g/mol. The highest BCUT2D eigenvalue weighted by Gasteiger charge is 2.30. The van der Waals surface area contributed by atoms with Crippen LogP contribution in [0.25, 0.3) is 0 Å². The van der Waals surface area contributed by atoms with Crippen molar-refractivity contribution in [1.29, 1.82) is 0 Å². The monoisotopic (exact) mass is 278 g/mol. The SMILES string of the molecule is CCC1(CC)CCCN(C(=O)CCc2ncn[nH]2)CC1. The lowest BCUT2D eigenvalue weighted by Crippen LogP contribution is -2.33. The Hall–Kier alpha value is -1.39. The zero-order valence-corrected chi connectivity index (χ0v) is 12.7. The zero-order valence-electron chi connectivity index (χ0n) is 12.7. The first-order chi connectivity index (χ1) is 9.69. The van der Waals surface area contributed by atoms with Gasteiger partial charge in [0.2, 0.25) is 5.91 Å². The van der Waals surface area contributed by atoms with E-state index in [1.807, 2.05) is 4.90 Å². The summed E-state index contributed by atoms with van der Waals surface area (Å²) in [4.78, 5) is 18.4. The number of rotatable bonds is 5. The first kappa shape index (κ1) is 15.0. The zero-order chi connectivity index (χ0) is 14.4. The minimum absolute atomic E-state index is 0.254. The number of aromatic nitrogens is 3. The van der Waals surface area contributed by atoms with E-state index in [9.17, 15) is 4.79 Å². The van der Waals surface area contributed by atoms with Crippen molar-refractivity contribution >= 4 is 5.91 Å². The molecule has 5 heteroatoms. The summed E-state index contributed by atoms with van der Waals surface area (Å²) in [5, 5.41) is 6.62. The number of nitrogens with one attached hydrogen (secondary N) is 1. The van der Waals surface area contributed by atoms with Gasteiger partial charge in [-0.3, -0.25) is 9.89 Å². The van der Waals surface area contributed by atoms with E-state index in [4.69, 9.17) is 0 Å². The van der Waals surface area contributed by atoms with Crippen LogP contribution in [0, 0.1) is 5.41 Å². The molecule has 1 aromatic heterocycles. The van der Waals surface area contributed by atoms with Gasteiger partial charge in [-0.25, -0.2) is 4.98 Å². The van der Waals surface area contributed by atoms with Gasteiger partial charge in [0.15, 0.2) is 0 Å². The molecule has 0 radical (unpaired) electrons. The van der Waals surface area contributed by atoms with Crippen molar-refractivity contribution in [3.63, 3.8) is 0 Å². The van der Waals surface area contributed by atoms with Gasteiger partial charge in [0.25, 0.3) is 0 Å². The average Bonchev–Trinajstić information content (AvgIpc) is 2.90. The van der Waals surface area contributed by atoms with E-state index >= 15 is 0 Å². The second kappa shape index (κ2) is 6.86. The Morgan fingerprint density at radius 3 is 2.80 bits per heavy atom. The molecule has 1 fully saturated rings. The Morgan fingerprint density at radius 1 is 1.35 bits per heavy atom. The van der Waals surface area contributed by atoms with E-state index in [0.717, 1.165) is 31.8 Å². The second-order valence-corrected chi connectivity index (χ2v) is 5.87. The van der Waals surface area contributed by atoms with Gasteiger partial charge < -0.3 is 4.90 Å². The van der Waals surface area contributed by atoms with Gasteiger partial charge in [-0.05, 0) is 24.7 Å². The third-order valence-corrected chi connectivity index (χ3v) is 4.94. The molecule has 2 heterocycles. The van der Waals surface area contributed by atoms with Crippen LogP contribution in [0.15, 0.2) is 6.33 Å². The van der Waals surface area contributed by atoms with E-state index in [2.05, 4.69) is 29.0 Å². The number of amides is 1. The number of nitrogens with zero attached hydrogens (tertiary/aromatic N) is 3. The van der Waals surface area contributed by atoms with Crippen molar-refractivity contribution in [3.05, 3.63) is 12.2 Å².